The highest BCUT2D eigenvalue weighted by molar-refractivity contribution is 5.72. The van der Waals surface area contributed by atoms with E-state index in [1.165, 1.54) is 0 Å². The number of hydrogen-bond acceptors (Lipinski definition) is 4. The van der Waals surface area contributed by atoms with Gasteiger partial charge in [0.25, 0.3) is 0 Å². The van der Waals surface area contributed by atoms with E-state index in [4.69, 9.17) is 10.00 Å². The molecule has 0 radical (unpaired) electrons. The Bertz CT molecular complexity index is 334. The van der Waals surface area contributed by atoms with E-state index in [2.05, 4.69) is 11.0 Å². The van der Waals surface area contributed by atoms with Crippen molar-refractivity contribution in [1.82, 2.24) is 4.90 Å². The zero-order valence-electron chi connectivity index (χ0n) is 12.4. The zero-order chi connectivity index (χ0) is 14.3. The Morgan fingerprint density at radius 1 is 1.53 bits per heavy atom. The number of esters is 1. The molecule has 0 aromatic rings. The number of ether oxygens (including phenoxy) is 1. The van der Waals surface area contributed by atoms with Crippen LogP contribution in [0.4, 0.5) is 0 Å². The fourth-order valence-corrected chi connectivity index (χ4v) is 2.51. The van der Waals surface area contributed by atoms with Gasteiger partial charge in [0.1, 0.15) is 0 Å². The van der Waals surface area contributed by atoms with Crippen LogP contribution >= 0.6 is 0 Å². The van der Waals surface area contributed by atoms with E-state index in [1.54, 1.807) is 0 Å². The lowest BCUT2D eigenvalue weighted by Crippen LogP contribution is -2.40. The minimum absolute atomic E-state index is 0.0395. The Balaban J connectivity index is 2.31. The van der Waals surface area contributed by atoms with E-state index in [0.717, 1.165) is 45.3 Å². The van der Waals surface area contributed by atoms with Gasteiger partial charge in [0, 0.05) is 6.54 Å². The van der Waals surface area contributed by atoms with E-state index in [-0.39, 0.29) is 17.3 Å². The van der Waals surface area contributed by atoms with Crippen molar-refractivity contribution < 1.29 is 9.53 Å². The van der Waals surface area contributed by atoms with Gasteiger partial charge in [0.15, 0.2) is 0 Å². The molecule has 0 N–H and O–H groups in total. The summed E-state index contributed by atoms with van der Waals surface area (Å²) in [7, 11) is 0. The van der Waals surface area contributed by atoms with E-state index in [9.17, 15) is 4.79 Å². The number of piperidine rings is 1. The molecular weight excluding hydrogens is 240 g/mol. The first-order valence-electron chi connectivity index (χ1n) is 7.29. The monoisotopic (exact) mass is 266 g/mol. The second-order valence-corrected chi connectivity index (χ2v) is 5.99. The Kier molecular flexibility index (Phi) is 6.30. The van der Waals surface area contributed by atoms with Crippen molar-refractivity contribution in [2.75, 3.05) is 26.2 Å². The summed E-state index contributed by atoms with van der Waals surface area (Å²) < 4.78 is 5.10. The van der Waals surface area contributed by atoms with E-state index in [0.29, 0.717) is 6.61 Å². The van der Waals surface area contributed by atoms with Crippen LogP contribution in [0.2, 0.25) is 0 Å². The molecule has 0 amide bonds. The van der Waals surface area contributed by atoms with Crippen LogP contribution in [0.15, 0.2) is 0 Å². The first kappa shape index (κ1) is 16.0. The van der Waals surface area contributed by atoms with Crippen LogP contribution in [0.3, 0.4) is 0 Å². The third-order valence-corrected chi connectivity index (χ3v) is 3.70. The summed E-state index contributed by atoms with van der Waals surface area (Å²) in [6, 6.07) is 2.33. The highest BCUT2D eigenvalue weighted by Gasteiger charge is 2.26. The molecule has 1 fully saturated rings. The van der Waals surface area contributed by atoms with Crippen LogP contribution in [0, 0.1) is 22.7 Å². The van der Waals surface area contributed by atoms with Gasteiger partial charge in [-0.25, -0.2) is 0 Å². The van der Waals surface area contributed by atoms with Crippen LogP contribution < -0.4 is 0 Å². The second kappa shape index (κ2) is 7.49. The molecule has 0 aromatic heterocycles. The first-order chi connectivity index (χ1) is 8.98. The molecule has 4 nitrogen and oxygen atoms in total. The van der Waals surface area contributed by atoms with Gasteiger partial charge in [-0.2, -0.15) is 5.26 Å². The quantitative estimate of drug-likeness (QED) is 0.693. The predicted molar refractivity (Wildman–Crippen MR) is 74.4 cm³/mol. The van der Waals surface area contributed by atoms with Crippen LogP contribution in [-0.4, -0.2) is 37.1 Å². The summed E-state index contributed by atoms with van der Waals surface area (Å²) >= 11 is 0. The molecule has 1 heterocycles. The average molecular weight is 266 g/mol. The number of rotatable bonds is 6. The van der Waals surface area contributed by atoms with Crippen molar-refractivity contribution in [3.8, 4) is 6.07 Å². The highest BCUT2D eigenvalue weighted by Crippen LogP contribution is 2.23. The molecule has 0 aliphatic carbocycles. The summed E-state index contributed by atoms with van der Waals surface area (Å²) in [5, 5.41) is 8.98. The molecule has 108 valence electrons. The third-order valence-electron chi connectivity index (χ3n) is 3.70. The number of hydrogen-bond donors (Lipinski definition) is 0. The minimum Gasteiger partial charge on any atom is -0.466 e. The molecule has 1 saturated heterocycles. The fourth-order valence-electron chi connectivity index (χ4n) is 2.51. The van der Waals surface area contributed by atoms with Crippen LogP contribution in [0.1, 0.15) is 46.5 Å². The van der Waals surface area contributed by atoms with Gasteiger partial charge in [-0.15, -0.1) is 0 Å². The molecule has 1 aliphatic rings. The fraction of sp³-hybridized carbons (Fsp3) is 0.867. The van der Waals surface area contributed by atoms with Gasteiger partial charge in [-0.1, -0.05) is 0 Å². The number of carbonyl (C=O) groups excluding carboxylic acids is 1. The van der Waals surface area contributed by atoms with Gasteiger partial charge in [-0.3, -0.25) is 4.79 Å². The lowest BCUT2D eigenvalue weighted by atomic mass is 9.89. The Morgan fingerprint density at radius 3 is 2.89 bits per heavy atom. The maximum absolute atomic E-state index is 11.7. The number of likely N-dealkylation sites (tertiary alicyclic amines) is 1. The van der Waals surface area contributed by atoms with Gasteiger partial charge >= 0.3 is 5.97 Å². The molecule has 0 unspecified atom stereocenters. The smallest absolute Gasteiger partial charge is 0.310 e. The molecule has 0 bridgehead atoms. The number of carbonyl (C=O) groups is 1. The number of nitrogens with zero attached hydrogens (tertiary/aromatic N) is 2. The summed E-state index contributed by atoms with van der Waals surface area (Å²) in [6.45, 7) is 9.11. The first-order valence-corrected chi connectivity index (χ1v) is 7.29. The molecule has 1 atom stereocenters. The number of nitriles is 1. The molecular formula is C15H26N2O2. The van der Waals surface area contributed by atoms with Gasteiger partial charge < -0.3 is 9.64 Å². The van der Waals surface area contributed by atoms with Crippen molar-refractivity contribution in [3.63, 3.8) is 0 Å². The topological polar surface area (TPSA) is 53.3 Å². The van der Waals surface area contributed by atoms with Crippen LogP contribution in [-0.2, 0) is 9.53 Å². The molecule has 1 rings (SSSR count). The van der Waals surface area contributed by atoms with Crippen LogP contribution in [0.5, 0.6) is 0 Å². The standard InChI is InChI=1S/C15H26N2O2/c1-4-19-14(18)13-7-5-9-17(11-13)10-6-8-15(2,3)12-16/h13H,4-11H2,1-3H3/t13-/m1/s1. The summed E-state index contributed by atoms with van der Waals surface area (Å²) in [5.74, 6) is -0.0118. The Labute approximate surface area is 116 Å². The highest BCUT2D eigenvalue weighted by atomic mass is 16.5. The van der Waals surface area contributed by atoms with Crippen molar-refractivity contribution in [2.24, 2.45) is 11.3 Å². The van der Waals surface area contributed by atoms with Crippen molar-refractivity contribution in [2.45, 2.75) is 46.5 Å². The minimum atomic E-state index is -0.240. The molecule has 4 heteroatoms. The molecule has 19 heavy (non-hydrogen) atoms. The molecule has 0 saturated carbocycles. The molecule has 0 spiro atoms. The zero-order valence-corrected chi connectivity index (χ0v) is 12.4. The van der Waals surface area contributed by atoms with Gasteiger partial charge in [0.2, 0.25) is 0 Å². The Morgan fingerprint density at radius 2 is 2.26 bits per heavy atom. The molecule has 1 aliphatic heterocycles. The predicted octanol–water partition coefficient (Wildman–Crippen LogP) is 2.59. The van der Waals surface area contributed by atoms with Gasteiger partial charge in [-0.05, 0) is 59.5 Å². The lowest BCUT2D eigenvalue weighted by Gasteiger charge is -2.31. The average Bonchev–Trinajstić information content (AvgIpc) is 2.39. The lowest BCUT2D eigenvalue weighted by molar-refractivity contribution is -0.149. The summed E-state index contributed by atoms with van der Waals surface area (Å²) in [6.07, 6.45) is 3.92. The van der Waals surface area contributed by atoms with E-state index >= 15 is 0 Å². The maximum Gasteiger partial charge on any atom is 0.310 e. The van der Waals surface area contributed by atoms with E-state index < -0.39 is 0 Å². The normalized spacial score (nSPS) is 20.8. The van der Waals surface area contributed by atoms with Crippen molar-refractivity contribution >= 4 is 5.97 Å². The molecule has 0 aromatic carbocycles. The van der Waals surface area contributed by atoms with Crippen LogP contribution in [0.25, 0.3) is 0 Å². The van der Waals surface area contributed by atoms with Crippen molar-refractivity contribution in [3.05, 3.63) is 0 Å². The maximum atomic E-state index is 11.7. The van der Waals surface area contributed by atoms with E-state index in [1.807, 2.05) is 20.8 Å². The third kappa shape index (κ3) is 5.61. The van der Waals surface area contributed by atoms with Gasteiger partial charge in [0.05, 0.1) is 24.0 Å². The SMILES string of the molecule is CCOC(=O)[C@@H]1CCCN(CCCC(C)(C)C#N)C1. The summed E-state index contributed by atoms with van der Waals surface area (Å²) in [4.78, 5) is 14.1. The largest absolute Gasteiger partial charge is 0.466 e. The second-order valence-electron chi connectivity index (χ2n) is 5.99. The van der Waals surface area contributed by atoms with Crippen molar-refractivity contribution in [1.29, 1.82) is 5.26 Å². The Hall–Kier alpha value is -1.08. The summed E-state index contributed by atoms with van der Waals surface area (Å²) in [5.41, 5.74) is -0.240.